The Labute approximate surface area is 174 Å². The average molecular weight is 404 g/mol. The zero-order valence-corrected chi connectivity index (χ0v) is 16.9. The Bertz CT molecular complexity index is 1180. The molecule has 4 rings (SSSR count). The number of hydrogen-bond acceptors (Lipinski definition) is 3. The van der Waals surface area contributed by atoms with Crippen LogP contribution in [0.2, 0.25) is 5.02 Å². The van der Waals surface area contributed by atoms with Crippen molar-refractivity contribution in [3.8, 4) is 11.1 Å². The molecule has 1 aromatic heterocycles. The van der Waals surface area contributed by atoms with Crippen LogP contribution >= 0.6 is 11.6 Å². The molecule has 0 bridgehead atoms. The maximum Gasteiger partial charge on any atom is 0.272 e. The molecule has 3 aromatic carbocycles. The lowest BCUT2D eigenvalue weighted by atomic mass is 9.95. The third kappa shape index (κ3) is 4.17. The molecule has 1 atom stereocenters. The van der Waals surface area contributed by atoms with E-state index in [9.17, 15) is 4.79 Å². The highest BCUT2D eigenvalue weighted by Gasteiger charge is 2.09. The molecule has 0 aliphatic heterocycles. The summed E-state index contributed by atoms with van der Waals surface area (Å²) in [5.74, 6) is 1.10. The van der Waals surface area contributed by atoms with Gasteiger partial charge in [-0.05, 0) is 35.6 Å². The van der Waals surface area contributed by atoms with E-state index in [-0.39, 0.29) is 5.56 Å². The summed E-state index contributed by atoms with van der Waals surface area (Å²) >= 11 is 6.30. The van der Waals surface area contributed by atoms with Crippen LogP contribution in [-0.2, 0) is 0 Å². The molecular weight excluding hydrogens is 382 g/mol. The van der Waals surface area contributed by atoms with Gasteiger partial charge in [-0.3, -0.25) is 4.79 Å². The van der Waals surface area contributed by atoms with Crippen molar-refractivity contribution >= 4 is 28.2 Å². The van der Waals surface area contributed by atoms with Gasteiger partial charge in [0.25, 0.3) is 5.56 Å². The first kappa shape index (κ1) is 19.2. The van der Waals surface area contributed by atoms with Crippen LogP contribution < -0.4 is 10.9 Å². The first-order valence-electron chi connectivity index (χ1n) is 9.69. The predicted molar refractivity (Wildman–Crippen MR) is 121 cm³/mol. The Balaban J connectivity index is 1.42. The van der Waals surface area contributed by atoms with Gasteiger partial charge in [-0.1, -0.05) is 79.2 Å². The van der Waals surface area contributed by atoms with E-state index in [0.29, 0.717) is 17.1 Å². The van der Waals surface area contributed by atoms with Crippen molar-refractivity contribution in [2.45, 2.75) is 19.3 Å². The van der Waals surface area contributed by atoms with Gasteiger partial charge in [-0.15, -0.1) is 0 Å². The van der Waals surface area contributed by atoms with Crippen molar-refractivity contribution in [3.05, 3.63) is 93.7 Å². The molecule has 1 heterocycles. The van der Waals surface area contributed by atoms with Gasteiger partial charge < -0.3 is 5.32 Å². The van der Waals surface area contributed by atoms with Gasteiger partial charge in [0.15, 0.2) is 5.82 Å². The largest absolute Gasteiger partial charge is 0.368 e. The van der Waals surface area contributed by atoms with Crippen molar-refractivity contribution in [1.29, 1.82) is 0 Å². The van der Waals surface area contributed by atoms with Crippen LogP contribution in [0.4, 0.5) is 5.82 Å². The van der Waals surface area contributed by atoms with Gasteiger partial charge in [0.05, 0.1) is 5.39 Å². The molecule has 1 unspecified atom stereocenters. The molecule has 0 saturated carbocycles. The molecule has 29 heavy (non-hydrogen) atoms. The monoisotopic (exact) mass is 403 g/mol. The summed E-state index contributed by atoms with van der Waals surface area (Å²) in [6, 6.07) is 23.9. The summed E-state index contributed by atoms with van der Waals surface area (Å²) in [4.78, 5) is 11.9. The molecule has 0 fully saturated rings. The van der Waals surface area contributed by atoms with E-state index in [1.807, 2.05) is 48.5 Å². The van der Waals surface area contributed by atoms with Crippen molar-refractivity contribution in [3.63, 3.8) is 0 Å². The molecule has 0 aliphatic rings. The van der Waals surface area contributed by atoms with Crippen LogP contribution in [0.25, 0.3) is 21.9 Å². The Morgan fingerprint density at radius 2 is 1.66 bits per heavy atom. The van der Waals surface area contributed by atoms with Crippen LogP contribution in [0, 0.1) is 0 Å². The molecule has 146 valence electrons. The number of rotatable bonds is 6. The summed E-state index contributed by atoms with van der Waals surface area (Å²) in [6.45, 7) is 2.97. The minimum absolute atomic E-state index is 0.168. The Morgan fingerprint density at radius 1 is 0.966 bits per heavy atom. The van der Waals surface area contributed by atoms with E-state index >= 15 is 0 Å². The van der Waals surface area contributed by atoms with Gasteiger partial charge in [0.1, 0.15) is 0 Å². The third-order valence-electron chi connectivity index (χ3n) is 5.23. The van der Waals surface area contributed by atoms with Crippen LogP contribution in [0.15, 0.2) is 77.6 Å². The number of aromatic amines is 1. The minimum atomic E-state index is -0.168. The minimum Gasteiger partial charge on any atom is -0.368 e. The van der Waals surface area contributed by atoms with Gasteiger partial charge in [0.2, 0.25) is 0 Å². The van der Waals surface area contributed by atoms with Crippen LogP contribution in [0.5, 0.6) is 0 Å². The van der Waals surface area contributed by atoms with Crippen LogP contribution in [0.1, 0.15) is 24.8 Å². The Morgan fingerprint density at radius 3 is 2.41 bits per heavy atom. The summed E-state index contributed by atoms with van der Waals surface area (Å²) in [7, 11) is 0. The smallest absolute Gasteiger partial charge is 0.272 e. The fourth-order valence-corrected chi connectivity index (χ4v) is 3.75. The number of H-pyrrole nitrogens is 1. The molecule has 4 aromatic rings. The van der Waals surface area contributed by atoms with Crippen molar-refractivity contribution in [2.75, 3.05) is 11.9 Å². The van der Waals surface area contributed by atoms with Crippen molar-refractivity contribution < 1.29 is 0 Å². The highest BCUT2D eigenvalue weighted by Crippen LogP contribution is 2.29. The van der Waals surface area contributed by atoms with E-state index in [4.69, 9.17) is 11.6 Å². The lowest BCUT2D eigenvalue weighted by molar-refractivity contribution is 0.704. The number of hydrogen-bond donors (Lipinski definition) is 2. The van der Waals surface area contributed by atoms with E-state index in [2.05, 4.69) is 46.7 Å². The number of halogens is 1. The summed E-state index contributed by atoms with van der Waals surface area (Å²) < 4.78 is 0. The number of nitrogens with one attached hydrogen (secondary N) is 2. The normalized spacial score (nSPS) is 12.1. The molecule has 2 N–H and O–H groups in total. The standard InChI is InChI=1S/C24H22ClN3O/c1-16(17-10-12-18(13-11-17)19-6-4-5-9-22(19)25)14-15-26-23-20-7-2-3-8-21(20)24(29)28-27-23/h2-13,16H,14-15H2,1H3,(H,26,27)(H,28,29). The van der Waals surface area contributed by atoms with Crippen molar-refractivity contribution in [2.24, 2.45) is 0 Å². The summed E-state index contributed by atoms with van der Waals surface area (Å²) in [5, 5.41) is 12.3. The van der Waals surface area contributed by atoms with E-state index in [0.717, 1.165) is 34.5 Å². The number of fused-ring (bicyclic) bond motifs is 1. The second-order valence-electron chi connectivity index (χ2n) is 7.17. The summed E-state index contributed by atoms with van der Waals surface area (Å²) in [6.07, 6.45) is 0.945. The second-order valence-corrected chi connectivity index (χ2v) is 7.57. The van der Waals surface area contributed by atoms with E-state index in [1.165, 1.54) is 5.56 Å². The van der Waals surface area contributed by atoms with Gasteiger partial charge >= 0.3 is 0 Å². The zero-order valence-electron chi connectivity index (χ0n) is 16.2. The van der Waals surface area contributed by atoms with E-state index < -0.39 is 0 Å². The lowest BCUT2D eigenvalue weighted by Crippen LogP contribution is -2.13. The van der Waals surface area contributed by atoms with Crippen LogP contribution in [-0.4, -0.2) is 16.7 Å². The average Bonchev–Trinajstić information content (AvgIpc) is 2.76. The maximum atomic E-state index is 11.9. The highest BCUT2D eigenvalue weighted by molar-refractivity contribution is 6.33. The van der Waals surface area contributed by atoms with Gasteiger partial charge in [-0.25, -0.2) is 5.10 Å². The molecule has 5 heteroatoms. The fraction of sp³-hybridized carbons (Fsp3) is 0.167. The number of aromatic nitrogens is 2. The fourth-order valence-electron chi connectivity index (χ4n) is 3.51. The second kappa shape index (κ2) is 8.50. The predicted octanol–water partition coefficient (Wildman–Crippen LogP) is 5.85. The molecule has 4 nitrogen and oxygen atoms in total. The molecule has 0 saturated heterocycles. The highest BCUT2D eigenvalue weighted by atomic mass is 35.5. The Kier molecular flexibility index (Phi) is 5.63. The third-order valence-corrected chi connectivity index (χ3v) is 5.56. The molecule has 0 radical (unpaired) electrons. The summed E-state index contributed by atoms with van der Waals surface area (Å²) in [5.41, 5.74) is 3.28. The molecular formula is C24H22ClN3O. The maximum absolute atomic E-state index is 11.9. The van der Waals surface area contributed by atoms with Crippen LogP contribution in [0.3, 0.4) is 0 Å². The van der Waals surface area contributed by atoms with E-state index in [1.54, 1.807) is 0 Å². The van der Waals surface area contributed by atoms with Gasteiger partial charge in [-0.2, -0.15) is 5.10 Å². The zero-order chi connectivity index (χ0) is 20.2. The topological polar surface area (TPSA) is 57.8 Å². The molecule has 0 amide bonds. The molecule has 0 spiro atoms. The first-order valence-corrected chi connectivity index (χ1v) is 10.1. The Hall–Kier alpha value is -3.11. The number of nitrogens with zero attached hydrogens (tertiary/aromatic N) is 1. The number of benzene rings is 3. The SMILES string of the molecule is CC(CCNc1n[nH]c(=O)c2ccccc12)c1ccc(-c2ccccc2Cl)cc1. The lowest BCUT2D eigenvalue weighted by Gasteiger charge is -2.14. The van der Waals surface area contributed by atoms with Gasteiger partial charge in [0, 0.05) is 22.5 Å². The van der Waals surface area contributed by atoms with Crippen molar-refractivity contribution in [1.82, 2.24) is 10.2 Å². The number of anilines is 1. The quantitative estimate of drug-likeness (QED) is 0.424. The molecule has 0 aliphatic carbocycles. The first-order chi connectivity index (χ1) is 14.1.